The van der Waals surface area contributed by atoms with E-state index >= 15 is 0 Å². The molecule has 5 heteroatoms. The van der Waals surface area contributed by atoms with Gasteiger partial charge in [-0.1, -0.05) is 18.2 Å². The first-order valence-corrected chi connectivity index (χ1v) is 7.16. The number of benzene rings is 2. The Bertz CT molecular complexity index is 624. The lowest BCUT2D eigenvalue weighted by molar-refractivity contribution is 0.135. The summed E-state index contributed by atoms with van der Waals surface area (Å²) in [7, 11) is 0. The summed E-state index contributed by atoms with van der Waals surface area (Å²) in [4.78, 5) is 0. The Hall–Kier alpha value is -2.40. The van der Waals surface area contributed by atoms with E-state index in [1.807, 2.05) is 0 Å². The first-order valence-electron chi connectivity index (χ1n) is 7.16. The van der Waals surface area contributed by atoms with Crippen LogP contribution >= 0.6 is 0 Å². The topological polar surface area (TPSA) is 90.2 Å². The Kier molecular flexibility index (Phi) is 5.49. The molecular weight excluding hydrogens is 284 g/mol. The molecule has 4 N–H and O–H groups in total. The van der Waals surface area contributed by atoms with Crippen molar-refractivity contribution in [1.82, 2.24) is 0 Å². The van der Waals surface area contributed by atoms with E-state index in [-0.39, 0.29) is 23.0 Å². The largest absolute Gasteiger partial charge is 0.504 e. The van der Waals surface area contributed by atoms with Gasteiger partial charge in [0.05, 0.1) is 6.61 Å². The first-order chi connectivity index (χ1) is 10.6. The molecule has 0 saturated heterocycles. The maximum atomic E-state index is 9.66. The third-order valence-corrected chi connectivity index (χ3v) is 3.41. The van der Waals surface area contributed by atoms with Gasteiger partial charge in [0.1, 0.15) is 0 Å². The fourth-order valence-electron chi connectivity index (χ4n) is 2.16. The molecule has 0 aliphatic carbocycles. The van der Waals surface area contributed by atoms with Gasteiger partial charge in [-0.3, -0.25) is 0 Å². The highest BCUT2D eigenvalue weighted by Gasteiger charge is 2.05. The van der Waals surface area contributed by atoms with Crippen molar-refractivity contribution in [3.63, 3.8) is 0 Å². The average Bonchev–Trinajstić information content (AvgIpc) is 2.50. The zero-order valence-electron chi connectivity index (χ0n) is 12.2. The Morgan fingerprint density at radius 2 is 1.59 bits per heavy atom. The number of para-hydroxylation sites is 1. The molecule has 0 saturated carbocycles. The molecule has 0 unspecified atom stereocenters. The van der Waals surface area contributed by atoms with Crippen molar-refractivity contribution in [1.29, 1.82) is 0 Å². The molecular formula is C17H20O5. The minimum absolute atomic E-state index is 0.0675. The maximum absolute atomic E-state index is 9.66. The second-order valence-electron chi connectivity index (χ2n) is 5.07. The van der Waals surface area contributed by atoms with E-state index in [2.05, 4.69) is 0 Å². The smallest absolute Gasteiger partial charge is 0.160 e. The molecule has 2 rings (SSSR count). The van der Waals surface area contributed by atoms with Gasteiger partial charge in [-0.15, -0.1) is 0 Å². The van der Waals surface area contributed by atoms with Crippen LogP contribution in [-0.4, -0.2) is 33.6 Å². The van der Waals surface area contributed by atoms with Gasteiger partial charge in [0.2, 0.25) is 0 Å². The van der Waals surface area contributed by atoms with Crippen LogP contribution in [0.15, 0.2) is 36.4 Å². The van der Waals surface area contributed by atoms with Gasteiger partial charge in [-0.25, -0.2) is 0 Å². The predicted octanol–water partition coefficient (Wildman–Crippen LogP) is 2.70. The lowest BCUT2D eigenvalue weighted by atomic mass is 10.1. The molecule has 2 aromatic rings. The average molecular weight is 304 g/mol. The SMILES string of the molecule is Oc1ccc(CCOCCCc2cccc(O)c2O)cc1O. The van der Waals surface area contributed by atoms with Gasteiger partial charge in [0, 0.05) is 6.61 Å². The number of hydrogen-bond acceptors (Lipinski definition) is 5. The first kappa shape index (κ1) is 16.0. The molecule has 0 aromatic heterocycles. The highest BCUT2D eigenvalue weighted by atomic mass is 16.5. The number of aryl methyl sites for hydroxylation is 1. The summed E-state index contributed by atoms with van der Waals surface area (Å²) in [6, 6.07) is 9.63. The van der Waals surface area contributed by atoms with Gasteiger partial charge in [-0.2, -0.15) is 0 Å². The highest BCUT2D eigenvalue weighted by molar-refractivity contribution is 5.44. The standard InChI is InChI=1S/C17H20O5/c18-14-7-6-12(11-16(14)20)8-10-22-9-2-4-13-3-1-5-15(19)17(13)21/h1,3,5-7,11,18-21H,2,4,8-10H2. The van der Waals surface area contributed by atoms with E-state index in [4.69, 9.17) is 4.74 Å². The second-order valence-corrected chi connectivity index (χ2v) is 5.07. The van der Waals surface area contributed by atoms with E-state index in [9.17, 15) is 20.4 Å². The van der Waals surface area contributed by atoms with Crippen LogP contribution < -0.4 is 0 Å². The van der Waals surface area contributed by atoms with Gasteiger partial charge < -0.3 is 25.2 Å². The Morgan fingerprint density at radius 3 is 2.36 bits per heavy atom. The van der Waals surface area contributed by atoms with Crippen LogP contribution in [-0.2, 0) is 17.6 Å². The summed E-state index contributed by atoms with van der Waals surface area (Å²) >= 11 is 0. The summed E-state index contributed by atoms with van der Waals surface area (Å²) in [6.07, 6.45) is 2.00. The van der Waals surface area contributed by atoms with Gasteiger partial charge in [0.25, 0.3) is 0 Å². The van der Waals surface area contributed by atoms with Gasteiger partial charge in [-0.05, 0) is 48.6 Å². The third kappa shape index (κ3) is 4.30. The summed E-state index contributed by atoms with van der Waals surface area (Å²) in [6.45, 7) is 1.05. The van der Waals surface area contributed by atoms with Crippen molar-refractivity contribution in [3.05, 3.63) is 47.5 Å². The molecule has 0 fully saturated rings. The molecule has 0 amide bonds. The molecule has 0 bridgehead atoms. The fraction of sp³-hybridized carbons (Fsp3) is 0.294. The number of phenolic OH excluding ortho intramolecular Hbond substituents is 4. The Morgan fingerprint density at radius 1 is 0.773 bits per heavy atom. The lowest BCUT2D eigenvalue weighted by Gasteiger charge is -2.07. The Labute approximate surface area is 129 Å². The minimum Gasteiger partial charge on any atom is -0.504 e. The fourth-order valence-corrected chi connectivity index (χ4v) is 2.16. The Balaban J connectivity index is 1.67. The minimum atomic E-state index is -0.129. The molecule has 2 aromatic carbocycles. The van der Waals surface area contributed by atoms with Gasteiger partial charge in [0.15, 0.2) is 23.0 Å². The van der Waals surface area contributed by atoms with Crippen LogP contribution in [0.1, 0.15) is 17.5 Å². The van der Waals surface area contributed by atoms with Crippen LogP contribution in [0.4, 0.5) is 0 Å². The second kappa shape index (κ2) is 7.56. The van der Waals surface area contributed by atoms with Crippen molar-refractivity contribution in [2.24, 2.45) is 0 Å². The van der Waals surface area contributed by atoms with Crippen molar-refractivity contribution in [2.75, 3.05) is 13.2 Å². The van der Waals surface area contributed by atoms with Crippen molar-refractivity contribution >= 4 is 0 Å². The number of ether oxygens (including phenoxy) is 1. The molecule has 22 heavy (non-hydrogen) atoms. The van der Waals surface area contributed by atoms with Crippen molar-refractivity contribution in [3.8, 4) is 23.0 Å². The molecule has 5 nitrogen and oxygen atoms in total. The van der Waals surface area contributed by atoms with Gasteiger partial charge >= 0.3 is 0 Å². The van der Waals surface area contributed by atoms with E-state index in [0.29, 0.717) is 31.6 Å². The summed E-state index contributed by atoms with van der Waals surface area (Å²) < 4.78 is 5.51. The van der Waals surface area contributed by atoms with E-state index in [1.165, 1.54) is 18.2 Å². The third-order valence-electron chi connectivity index (χ3n) is 3.41. The quantitative estimate of drug-likeness (QED) is 0.466. The van der Waals surface area contributed by atoms with E-state index in [0.717, 1.165) is 12.0 Å². The van der Waals surface area contributed by atoms with Crippen molar-refractivity contribution in [2.45, 2.75) is 19.3 Å². The number of rotatable bonds is 7. The van der Waals surface area contributed by atoms with E-state index in [1.54, 1.807) is 18.2 Å². The van der Waals surface area contributed by atoms with Crippen LogP contribution in [0.3, 0.4) is 0 Å². The molecule has 0 aliphatic heterocycles. The molecule has 0 aliphatic rings. The monoisotopic (exact) mass is 304 g/mol. The van der Waals surface area contributed by atoms with E-state index < -0.39 is 0 Å². The summed E-state index contributed by atoms with van der Waals surface area (Å²) in [5.74, 6) is -0.430. The zero-order valence-corrected chi connectivity index (χ0v) is 12.2. The molecule has 0 heterocycles. The normalized spacial score (nSPS) is 10.7. The number of phenols is 4. The molecule has 0 radical (unpaired) electrons. The zero-order chi connectivity index (χ0) is 15.9. The summed E-state index contributed by atoms with van der Waals surface area (Å²) in [5.41, 5.74) is 1.59. The van der Waals surface area contributed by atoms with Crippen LogP contribution in [0, 0.1) is 0 Å². The number of aromatic hydroxyl groups is 4. The maximum Gasteiger partial charge on any atom is 0.160 e. The van der Waals surface area contributed by atoms with Crippen molar-refractivity contribution < 1.29 is 25.2 Å². The molecule has 0 spiro atoms. The predicted molar refractivity (Wildman–Crippen MR) is 82.4 cm³/mol. The van der Waals surface area contributed by atoms with Crippen LogP contribution in [0.25, 0.3) is 0 Å². The van der Waals surface area contributed by atoms with Crippen LogP contribution in [0.5, 0.6) is 23.0 Å². The van der Waals surface area contributed by atoms with Crippen LogP contribution in [0.2, 0.25) is 0 Å². The molecule has 118 valence electrons. The highest BCUT2D eigenvalue weighted by Crippen LogP contribution is 2.29. The summed E-state index contributed by atoms with van der Waals surface area (Å²) in [5, 5.41) is 37.6. The number of hydrogen-bond donors (Lipinski definition) is 4. The molecule has 0 atom stereocenters. The lowest BCUT2D eigenvalue weighted by Crippen LogP contribution is -2.01.